The van der Waals surface area contributed by atoms with Crippen molar-refractivity contribution in [1.82, 2.24) is 4.90 Å². The van der Waals surface area contributed by atoms with E-state index in [0.717, 1.165) is 16.7 Å². The van der Waals surface area contributed by atoms with Gasteiger partial charge in [0.25, 0.3) is 0 Å². The van der Waals surface area contributed by atoms with Gasteiger partial charge in [0.2, 0.25) is 5.91 Å². The molecule has 6 nitrogen and oxygen atoms in total. The highest BCUT2D eigenvalue weighted by Gasteiger charge is 2.40. The fraction of sp³-hybridized carbons (Fsp3) is 0.700. The third-order valence-electron chi connectivity index (χ3n) is 2.50. The smallest absolute Gasteiger partial charge is 0.329 e. The molecular formula is C10H15NO5S. The van der Waals surface area contributed by atoms with Crippen LogP contribution in [-0.2, 0) is 14.4 Å². The van der Waals surface area contributed by atoms with Gasteiger partial charge in [-0.15, -0.1) is 0 Å². The summed E-state index contributed by atoms with van der Waals surface area (Å²) in [5, 5.41) is 18.0. The summed E-state index contributed by atoms with van der Waals surface area (Å²) in [6.45, 7) is 2.92. The van der Waals surface area contributed by atoms with Crippen molar-refractivity contribution in [2.24, 2.45) is 0 Å². The fourth-order valence-corrected chi connectivity index (χ4v) is 2.81. The van der Waals surface area contributed by atoms with Gasteiger partial charge in [0, 0.05) is 25.1 Å². The minimum absolute atomic E-state index is 0.103. The topological polar surface area (TPSA) is 94.9 Å². The van der Waals surface area contributed by atoms with Crippen LogP contribution in [0.4, 0.5) is 0 Å². The first kappa shape index (κ1) is 14.0. The number of amides is 1. The Morgan fingerprint density at radius 2 is 2.12 bits per heavy atom. The predicted octanol–water partition coefficient (Wildman–Crippen LogP) is -0.299. The van der Waals surface area contributed by atoms with Crippen LogP contribution in [0.1, 0.15) is 20.3 Å². The Labute approximate surface area is 103 Å². The van der Waals surface area contributed by atoms with Gasteiger partial charge in [-0.1, -0.05) is 11.8 Å². The molecule has 7 heteroatoms. The minimum atomic E-state index is -1.24. The van der Waals surface area contributed by atoms with Gasteiger partial charge in [0.05, 0.1) is 6.10 Å². The molecule has 0 aromatic rings. The van der Waals surface area contributed by atoms with E-state index < -0.39 is 18.1 Å². The number of carbonyl (C=O) groups is 3. The Bertz CT molecular complexity index is 344. The number of aliphatic hydroxyl groups excluding tert-OH is 1. The highest BCUT2D eigenvalue weighted by atomic mass is 32.2. The van der Waals surface area contributed by atoms with Crippen LogP contribution in [0.2, 0.25) is 0 Å². The maximum atomic E-state index is 11.6. The van der Waals surface area contributed by atoms with Crippen molar-refractivity contribution in [2.45, 2.75) is 37.7 Å². The van der Waals surface area contributed by atoms with E-state index in [1.807, 2.05) is 0 Å². The van der Waals surface area contributed by atoms with Crippen LogP contribution in [0.15, 0.2) is 0 Å². The first-order valence-corrected chi connectivity index (χ1v) is 6.08. The molecule has 1 aliphatic heterocycles. The molecule has 1 saturated heterocycles. The number of nitrogens with zero attached hydrogens (tertiary/aromatic N) is 1. The quantitative estimate of drug-likeness (QED) is 0.721. The Morgan fingerprint density at radius 1 is 1.53 bits per heavy atom. The first-order valence-electron chi connectivity index (χ1n) is 5.20. The van der Waals surface area contributed by atoms with E-state index in [2.05, 4.69) is 0 Å². The summed E-state index contributed by atoms with van der Waals surface area (Å²) in [4.78, 5) is 34.7. The number of carboxylic acids is 1. The molecule has 1 aliphatic rings. The number of carbonyl (C=O) groups excluding carboxylic acids is 2. The Hall–Kier alpha value is -1.08. The van der Waals surface area contributed by atoms with Gasteiger partial charge in [-0.05, 0) is 6.92 Å². The van der Waals surface area contributed by atoms with Gasteiger partial charge in [0.1, 0.15) is 0 Å². The second kappa shape index (κ2) is 5.50. The molecule has 0 aliphatic carbocycles. The Morgan fingerprint density at radius 3 is 2.53 bits per heavy atom. The normalized spacial score (nSPS) is 23.6. The zero-order valence-corrected chi connectivity index (χ0v) is 10.4. The van der Waals surface area contributed by atoms with Crippen molar-refractivity contribution >= 4 is 28.8 Å². The summed E-state index contributed by atoms with van der Waals surface area (Å²) >= 11 is 1.03. The van der Waals surface area contributed by atoms with Crippen molar-refractivity contribution in [3.63, 3.8) is 0 Å². The molecule has 1 heterocycles. The first-order chi connectivity index (χ1) is 7.82. The summed E-state index contributed by atoms with van der Waals surface area (Å²) in [5.74, 6) is -1.57. The van der Waals surface area contributed by atoms with Gasteiger partial charge >= 0.3 is 5.97 Å². The van der Waals surface area contributed by atoms with Crippen molar-refractivity contribution in [3.05, 3.63) is 0 Å². The van der Waals surface area contributed by atoms with Crippen LogP contribution in [0.3, 0.4) is 0 Å². The van der Waals surface area contributed by atoms with Gasteiger partial charge in [0.15, 0.2) is 11.2 Å². The second-order valence-electron chi connectivity index (χ2n) is 4.01. The molecule has 1 amide bonds. The lowest BCUT2D eigenvalue weighted by Gasteiger charge is -2.26. The van der Waals surface area contributed by atoms with E-state index in [1.54, 1.807) is 0 Å². The summed E-state index contributed by atoms with van der Waals surface area (Å²) in [7, 11) is 0. The number of aliphatic hydroxyl groups is 1. The molecule has 0 aromatic carbocycles. The molecule has 2 N–H and O–H groups in total. The monoisotopic (exact) mass is 261 g/mol. The zero-order chi connectivity index (χ0) is 13.2. The van der Waals surface area contributed by atoms with Crippen LogP contribution in [-0.4, -0.2) is 56.0 Å². The Balaban J connectivity index is 2.75. The van der Waals surface area contributed by atoms with E-state index in [-0.39, 0.29) is 29.2 Å². The molecule has 0 saturated carbocycles. The molecule has 0 aromatic heterocycles. The maximum absolute atomic E-state index is 11.6. The predicted molar refractivity (Wildman–Crippen MR) is 61.5 cm³/mol. The van der Waals surface area contributed by atoms with Gasteiger partial charge in [-0.25, -0.2) is 4.79 Å². The zero-order valence-electron chi connectivity index (χ0n) is 9.62. The third kappa shape index (κ3) is 3.44. The largest absolute Gasteiger partial charge is 0.480 e. The summed E-state index contributed by atoms with van der Waals surface area (Å²) in [6.07, 6.45) is -1.00. The van der Waals surface area contributed by atoms with E-state index in [9.17, 15) is 19.5 Å². The van der Waals surface area contributed by atoms with Crippen LogP contribution >= 0.6 is 11.8 Å². The van der Waals surface area contributed by atoms with Gasteiger partial charge in [-0.3, -0.25) is 9.59 Å². The maximum Gasteiger partial charge on any atom is 0.329 e. The van der Waals surface area contributed by atoms with Crippen molar-refractivity contribution in [1.29, 1.82) is 0 Å². The molecule has 1 fully saturated rings. The summed E-state index contributed by atoms with van der Waals surface area (Å²) in [5.41, 5.74) is 0. The van der Waals surface area contributed by atoms with Crippen molar-refractivity contribution in [3.8, 4) is 0 Å². The van der Waals surface area contributed by atoms with E-state index >= 15 is 0 Å². The Kier molecular flexibility index (Phi) is 4.53. The third-order valence-corrected chi connectivity index (χ3v) is 3.48. The minimum Gasteiger partial charge on any atom is -0.480 e. The molecule has 0 radical (unpaired) electrons. The van der Waals surface area contributed by atoms with Crippen LogP contribution < -0.4 is 0 Å². The highest BCUT2D eigenvalue weighted by Crippen LogP contribution is 2.26. The van der Waals surface area contributed by atoms with E-state index in [4.69, 9.17) is 5.11 Å². The molecule has 1 rings (SSSR count). The number of thioether (sulfide) groups is 1. The number of rotatable bonds is 4. The number of aliphatic carboxylic acids is 1. The van der Waals surface area contributed by atoms with Crippen LogP contribution in [0, 0.1) is 0 Å². The van der Waals surface area contributed by atoms with Crippen molar-refractivity contribution < 1.29 is 24.6 Å². The average Bonchev–Trinajstić information content (AvgIpc) is 2.44. The lowest BCUT2D eigenvalue weighted by molar-refractivity contribution is -0.152. The average molecular weight is 261 g/mol. The highest BCUT2D eigenvalue weighted by molar-refractivity contribution is 8.14. The van der Waals surface area contributed by atoms with Crippen LogP contribution in [0.5, 0.6) is 0 Å². The standard InChI is InChI=1S/C10H15NO5S/c1-5(12)9(10(15)16)11-4-7(3-8(11)14)17-6(2)13/h5,7,9,12H,3-4H2,1-2H3,(H,15,16)/t5-,7?,9-/m0/s1. The number of hydrogen-bond donors (Lipinski definition) is 2. The molecule has 0 spiro atoms. The summed E-state index contributed by atoms with van der Waals surface area (Å²) < 4.78 is 0. The summed E-state index contributed by atoms with van der Waals surface area (Å²) in [6, 6.07) is -1.24. The molecular weight excluding hydrogens is 246 g/mol. The molecule has 17 heavy (non-hydrogen) atoms. The van der Waals surface area contributed by atoms with E-state index in [1.165, 1.54) is 13.8 Å². The second-order valence-corrected chi connectivity index (χ2v) is 5.48. The van der Waals surface area contributed by atoms with Crippen LogP contribution in [0.25, 0.3) is 0 Å². The fourth-order valence-electron chi connectivity index (χ4n) is 1.88. The molecule has 96 valence electrons. The SMILES string of the molecule is CC(=O)SC1CC(=O)N([C@H](C(=O)O)[C@H](C)O)C1. The lowest BCUT2D eigenvalue weighted by Crippen LogP contribution is -2.48. The van der Waals surface area contributed by atoms with Gasteiger partial charge < -0.3 is 15.1 Å². The number of likely N-dealkylation sites (tertiary alicyclic amines) is 1. The molecule has 3 atom stereocenters. The number of hydrogen-bond acceptors (Lipinski definition) is 5. The van der Waals surface area contributed by atoms with Gasteiger partial charge in [-0.2, -0.15) is 0 Å². The van der Waals surface area contributed by atoms with Crippen molar-refractivity contribution in [2.75, 3.05) is 6.54 Å². The number of carboxylic acid groups (broad SMARTS) is 1. The lowest BCUT2D eigenvalue weighted by atomic mass is 10.1. The molecule has 1 unspecified atom stereocenters. The molecule has 0 bridgehead atoms. The van der Waals surface area contributed by atoms with E-state index in [0.29, 0.717) is 0 Å².